The topological polar surface area (TPSA) is 91.4 Å². The highest BCUT2D eigenvalue weighted by Crippen LogP contribution is 2.33. The van der Waals surface area contributed by atoms with Crippen LogP contribution < -0.4 is 10.1 Å². The summed E-state index contributed by atoms with van der Waals surface area (Å²) in [5, 5.41) is 13.1. The number of carbonyl (C=O) groups is 2. The molecular formula is C23H25BrN2O4. The Morgan fingerprint density at radius 3 is 2.63 bits per heavy atom. The van der Waals surface area contributed by atoms with Crippen LogP contribution in [0.3, 0.4) is 0 Å². The number of halogens is 1. The minimum absolute atomic E-state index is 0.172. The lowest BCUT2D eigenvalue weighted by Crippen LogP contribution is -2.44. The number of H-pyrrole nitrogens is 1. The first-order valence-corrected chi connectivity index (χ1v) is 10.4. The van der Waals surface area contributed by atoms with Gasteiger partial charge in [0, 0.05) is 33.6 Å². The highest BCUT2D eigenvalue weighted by molar-refractivity contribution is 9.10. The Morgan fingerprint density at radius 2 is 1.93 bits per heavy atom. The number of carboxylic acid groups (broad SMARTS) is 1. The lowest BCUT2D eigenvalue weighted by atomic mass is 9.86. The van der Waals surface area contributed by atoms with Crippen LogP contribution in [0.2, 0.25) is 0 Å². The van der Waals surface area contributed by atoms with Crippen LogP contribution in [0.15, 0.2) is 53.1 Å². The van der Waals surface area contributed by atoms with Crippen LogP contribution in [0.1, 0.15) is 31.9 Å². The molecule has 1 aromatic heterocycles. The molecule has 30 heavy (non-hydrogen) atoms. The molecule has 158 valence electrons. The number of benzene rings is 2. The van der Waals surface area contributed by atoms with Crippen molar-refractivity contribution in [3.05, 3.63) is 64.3 Å². The van der Waals surface area contributed by atoms with Crippen molar-refractivity contribution < 1.29 is 19.4 Å². The number of rotatable bonds is 7. The summed E-state index contributed by atoms with van der Waals surface area (Å²) in [6, 6.07) is 12.2. The van der Waals surface area contributed by atoms with E-state index in [0.29, 0.717) is 5.75 Å². The van der Waals surface area contributed by atoms with Gasteiger partial charge in [-0.25, -0.2) is 4.79 Å². The Labute approximate surface area is 183 Å². The fraction of sp³-hybridized carbons (Fsp3) is 0.304. The lowest BCUT2D eigenvalue weighted by Gasteiger charge is -2.23. The van der Waals surface area contributed by atoms with Gasteiger partial charge in [0.25, 0.3) is 5.91 Å². The Bertz CT molecular complexity index is 1070. The largest absolute Gasteiger partial charge is 0.483 e. The van der Waals surface area contributed by atoms with E-state index >= 15 is 0 Å². The molecule has 0 aliphatic heterocycles. The smallest absolute Gasteiger partial charge is 0.326 e. The Balaban J connectivity index is 1.67. The Morgan fingerprint density at radius 1 is 1.20 bits per heavy atom. The molecule has 3 aromatic rings. The second-order valence-electron chi connectivity index (χ2n) is 8.20. The third-order valence-corrected chi connectivity index (χ3v) is 5.33. The number of ether oxygens (including phenoxy) is 1. The van der Waals surface area contributed by atoms with Gasteiger partial charge in [-0.2, -0.15) is 0 Å². The maximum absolute atomic E-state index is 12.4. The molecule has 0 saturated carbocycles. The number of aromatic amines is 1. The van der Waals surface area contributed by atoms with Crippen LogP contribution in [0.4, 0.5) is 0 Å². The van der Waals surface area contributed by atoms with Gasteiger partial charge in [0.05, 0.1) is 0 Å². The fourth-order valence-corrected chi connectivity index (χ4v) is 3.68. The van der Waals surface area contributed by atoms with Crippen molar-refractivity contribution in [3.63, 3.8) is 0 Å². The molecular weight excluding hydrogens is 448 g/mol. The number of para-hydroxylation sites is 1. The van der Waals surface area contributed by atoms with Gasteiger partial charge in [-0.05, 0) is 35.2 Å². The minimum Gasteiger partial charge on any atom is -0.483 e. The minimum atomic E-state index is -1.09. The van der Waals surface area contributed by atoms with Crippen LogP contribution in [0.5, 0.6) is 5.75 Å². The number of hydrogen-bond donors (Lipinski definition) is 3. The predicted octanol–water partition coefficient (Wildman–Crippen LogP) is 4.42. The molecule has 0 fully saturated rings. The molecule has 1 amide bonds. The van der Waals surface area contributed by atoms with Crippen LogP contribution in [0.25, 0.3) is 10.9 Å². The summed E-state index contributed by atoms with van der Waals surface area (Å²) in [7, 11) is 0. The summed E-state index contributed by atoms with van der Waals surface area (Å²) in [6.45, 7) is 5.92. The van der Waals surface area contributed by atoms with E-state index in [2.05, 4.69) is 47.0 Å². The fourth-order valence-electron chi connectivity index (χ4n) is 3.31. The van der Waals surface area contributed by atoms with Crippen molar-refractivity contribution in [3.8, 4) is 5.75 Å². The second kappa shape index (κ2) is 8.92. The molecule has 3 rings (SSSR count). The normalized spacial score (nSPS) is 12.5. The van der Waals surface area contributed by atoms with Gasteiger partial charge in [-0.3, -0.25) is 4.79 Å². The number of aromatic nitrogens is 1. The third kappa shape index (κ3) is 5.21. The number of amides is 1. The first-order valence-electron chi connectivity index (χ1n) is 9.65. The number of nitrogens with one attached hydrogen (secondary N) is 2. The molecule has 3 N–H and O–H groups in total. The lowest BCUT2D eigenvalue weighted by molar-refractivity contribution is -0.142. The van der Waals surface area contributed by atoms with Gasteiger partial charge < -0.3 is 20.1 Å². The Kier molecular flexibility index (Phi) is 6.51. The van der Waals surface area contributed by atoms with Crippen molar-refractivity contribution >= 4 is 38.7 Å². The number of carbonyl (C=O) groups excluding carboxylic acids is 1. The summed E-state index contributed by atoms with van der Waals surface area (Å²) in [5.74, 6) is -0.970. The Hall–Kier alpha value is -2.80. The molecule has 1 heterocycles. The average molecular weight is 473 g/mol. The molecule has 1 atom stereocenters. The maximum atomic E-state index is 12.4. The van der Waals surface area contributed by atoms with E-state index in [-0.39, 0.29) is 18.4 Å². The van der Waals surface area contributed by atoms with Crippen LogP contribution in [-0.2, 0) is 21.4 Å². The number of carboxylic acids is 1. The average Bonchev–Trinajstić information content (AvgIpc) is 3.08. The van der Waals surface area contributed by atoms with Gasteiger partial charge in [0.1, 0.15) is 11.8 Å². The van der Waals surface area contributed by atoms with Crippen molar-refractivity contribution in [2.75, 3.05) is 6.61 Å². The van der Waals surface area contributed by atoms with Gasteiger partial charge in [-0.1, -0.05) is 54.9 Å². The predicted molar refractivity (Wildman–Crippen MR) is 120 cm³/mol. The first-order chi connectivity index (χ1) is 14.1. The van der Waals surface area contributed by atoms with Gasteiger partial charge in [0.2, 0.25) is 0 Å². The zero-order valence-electron chi connectivity index (χ0n) is 17.2. The molecule has 0 saturated heterocycles. The summed E-state index contributed by atoms with van der Waals surface area (Å²) in [4.78, 5) is 27.3. The van der Waals surface area contributed by atoms with E-state index in [4.69, 9.17) is 4.74 Å². The molecule has 6 nitrogen and oxygen atoms in total. The van der Waals surface area contributed by atoms with Crippen molar-refractivity contribution in [1.29, 1.82) is 0 Å². The number of hydrogen-bond acceptors (Lipinski definition) is 3. The summed E-state index contributed by atoms with van der Waals surface area (Å²) < 4.78 is 6.66. The number of aliphatic carboxylic acids is 1. The molecule has 2 aromatic carbocycles. The summed E-state index contributed by atoms with van der Waals surface area (Å²) in [5.41, 5.74) is 2.55. The molecule has 7 heteroatoms. The zero-order valence-corrected chi connectivity index (χ0v) is 18.7. The van der Waals surface area contributed by atoms with Crippen molar-refractivity contribution in [1.82, 2.24) is 10.3 Å². The van der Waals surface area contributed by atoms with Gasteiger partial charge >= 0.3 is 5.97 Å². The standard InChI is InChI=1S/C23H25BrN2O4/c1-23(2,3)17-11-15(24)8-9-20(17)30-13-21(27)26-19(22(28)29)10-14-12-25-18-7-5-4-6-16(14)18/h4-9,11-12,19,25H,10,13H2,1-3H3,(H,26,27)(H,28,29). The van der Waals surface area contributed by atoms with Gasteiger partial charge in [0.15, 0.2) is 6.61 Å². The van der Waals surface area contributed by atoms with E-state index in [1.165, 1.54) is 0 Å². The second-order valence-corrected chi connectivity index (χ2v) is 9.12. The molecule has 1 unspecified atom stereocenters. The molecule has 0 aliphatic rings. The zero-order chi connectivity index (χ0) is 21.9. The van der Waals surface area contributed by atoms with Crippen LogP contribution in [0, 0.1) is 0 Å². The summed E-state index contributed by atoms with van der Waals surface area (Å²) >= 11 is 3.46. The quantitative estimate of drug-likeness (QED) is 0.474. The SMILES string of the molecule is CC(C)(C)c1cc(Br)ccc1OCC(=O)NC(Cc1c[nH]c2ccccc12)C(=O)O. The van der Waals surface area contributed by atoms with Crippen molar-refractivity contribution in [2.24, 2.45) is 0 Å². The molecule has 0 bridgehead atoms. The van der Waals surface area contributed by atoms with E-state index in [9.17, 15) is 14.7 Å². The van der Waals surface area contributed by atoms with E-state index in [1.54, 1.807) is 12.3 Å². The highest BCUT2D eigenvalue weighted by atomic mass is 79.9. The molecule has 0 spiro atoms. The highest BCUT2D eigenvalue weighted by Gasteiger charge is 2.23. The summed E-state index contributed by atoms with van der Waals surface area (Å²) in [6.07, 6.45) is 1.96. The van der Waals surface area contributed by atoms with E-state index < -0.39 is 17.9 Å². The van der Waals surface area contributed by atoms with Gasteiger partial charge in [-0.15, -0.1) is 0 Å². The number of fused-ring (bicyclic) bond motifs is 1. The van der Waals surface area contributed by atoms with Crippen molar-refractivity contribution in [2.45, 2.75) is 38.6 Å². The third-order valence-electron chi connectivity index (χ3n) is 4.84. The molecule has 0 radical (unpaired) electrons. The monoisotopic (exact) mass is 472 g/mol. The first kappa shape index (κ1) is 21.9. The molecule has 0 aliphatic carbocycles. The van der Waals surface area contributed by atoms with Crippen LogP contribution >= 0.6 is 15.9 Å². The van der Waals surface area contributed by atoms with E-state index in [0.717, 1.165) is 26.5 Å². The maximum Gasteiger partial charge on any atom is 0.326 e. The van der Waals surface area contributed by atoms with Crippen LogP contribution in [-0.4, -0.2) is 34.6 Å². The van der Waals surface area contributed by atoms with E-state index in [1.807, 2.05) is 36.4 Å².